The average molecular weight is 727 g/mol. The summed E-state index contributed by atoms with van der Waals surface area (Å²) in [5.41, 5.74) is 0. The van der Waals surface area contributed by atoms with Crippen LogP contribution < -0.4 is 0 Å². The minimum Gasteiger partial charge on any atom is -0.462 e. The van der Waals surface area contributed by atoms with Gasteiger partial charge in [0.05, 0.1) is 13.2 Å². The zero-order chi connectivity index (χ0) is 36.8. The zero-order valence-corrected chi connectivity index (χ0v) is 33.2. The fraction of sp³-hybridized carbons (Fsp3) is 0.805. The van der Waals surface area contributed by atoms with E-state index in [2.05, 4.69) is 50.3 Å². The Kier molecular flexibility index (Phi) is 35.8. The second kappa shape index (κ2) is 37.0. The summed E-state index contributed by atoms with van der Waals surface area (Å²) in [7, 11) is -4.28. The van der Waals surface area contributed by atoms with Crippen LogP contribution in [0.5, 0.6) is 0 Å². The van der Waals surface area contributed by atoms with Crippen LogP contribution in [0, 0.1) is 0 Å². The second-order valence-corrected chi connectivity index (χ2v) is 14.8. The van der Waals surface area contributed by atoms with Crippen molar-refractivity contribution in [2.75, 3.05) is 19.8 Å². The fourth-order valence-corrected chi connectivity index (χ4v) is 6.21. The van der Waals surface area contributed by atoms with Crippen molar-refractivity contribution in [3.05, 3.63) is 36.5 Å². The molecule has 0 aromatic rings. The van der Waals surface area contributed by atoms with Crippen LogP contribution in [0.25, 0.3) is 0 Å². The highest BCUT2D eigenvalue weighted by atomic mass is 31.2. The van der Waals surface area contributed by atoms with Crippen LogP contribution >= 0.6 is 7.82 Å². The Balaban J connectivity index is 4.16. The molecule has 0 aliphatic rings. The summed E-state index contributed by atoms with van der Waals surface area (Å²) in [6, 6.07) is 0. The van der Waals surface area contributed by atoms with Gasteiger partial charge in [0, 0.05) is 12.8 Å². The summed E-state index contributed by atoms with van der Waals surface area (Å²) < 4.78 is 32.5. The molecule has 2 atom stereocenters. The lowest BCUT2D eigenvalue weighted by atomic mass is 10.0. The van der Waals surface area contributed by atoms with E-state index in [1.54, 1.807) is 6.92 Å². The number of carbonyl (C=O) groups is 2. The Bertz CT molecular complexity index is 916. The lowest BCUT2D eigenvalue weighted by Gasteiger charge is -2.19. The summed E-state index contributed by atoms with van der Waals surface area (Å²) in [4.78, 5) is 34.6. The number of hydrogen-bond donors (Lipinski definition) is 1. The summed E-state index contributed by atoms with van der Waals surface area (Å²) in [6.45, 7) is 5.42. The number of allylic oxidation sites excluding steroid dienone is 6. The molecule has 0 aliphatic carbocycles. The van der Waals surface area contributed by atoms with E-state index < -0.39 is 26.5 Å². The molecule has 0 heterocycles. The number of rotatable bonds is 37. The molecule has 0 aromatic heterocycles. The predicted octanol–water partition coefficient (Wildman–Crippen LogP) is 12.4. The van der Waals surface area contributed by atoms with Gasteiger partial charge in [0.25, 0.3) is 0 Å². The highest BCUT2D eigenvalue weighted by molar-refractivity contribution is 7.47. The highest BCUT2D eigenvalue weighted by Crippen LogP contribution is 2.43. The van der Waals surface area contributed by atoms with Gasteiger partial charge in [-0.2, -0.15) is 0 Å². The van der Waals surface area contributed by atoms with Crippen LogP contribution in [0.2, 0.25) is 0 Å². The second-order valence-electron chi connectivity index (χ2n) is 13.3. The Morgan fingerprint density at radius 1 is 0.540 bits per heavy atom. The van der Waals surface area contributed by atoms with E-state index in [-0.39, 0.29) is 25.6 Å². The van der Waals surface area contributed by atoms with Crippen LogP contribution in [0.15, 0.2) is 36.5 Å². The molecule has 1 N–H and O–H groups in total. The highest BCUT2D eigenvalue weighted by Gasteiger charge is 2.25. The lowest BCUT2D eigenvalue weighted by Crippen LogP contribution is -2.29. The first kappa shape index (κ1) is 48.3. The molecule has 0 saturated heterocycles. The maximum atomic E-state index is 12.5. The van der Waals surface area contributed by atoms with Crippen molar-refractivity contribution < 1.29 is 37.6 Å². The SMILES string of the molecule is CCCCC/C=C\C/C=C\C/C=C\CCCCCCC(=O)O[C@H](COC(=O)CCCCCCCCCCCCCCC)COP(=O)(O)OCC. The van der Waals surface area contributed by atoms with Gasteiger partial charge in [0.2, 0.25) is 0 Å². The Morgan fingerprint density at radius 3 is 1.48 bits per heavy atom. The number of phosphoric ester groups is 1. The number of phosphoric acid groups is 1. The van der Waals surface area contributed by atoms with E-state index in [1.807, 2.05) is 0 Å². The van der Waals surface area contributed by atoms with E-state index in [1.165, 1.54) is 89.9 Å². The quantitative estimate of drug-likeness (QED) is 0.0292. The largest absolute Gasteiger partial charge is 0.472 e. The molecule has 1 unspecified atom stereocenters. The molecule has 0 spiro atoms. The van der Waals surface area contributed by atoms with Crippen molar-refractivity contribution in [1.29, 1.82) is 0 Å². The summed E-state index contributed by atoms with van der Waals surface area (Å²) in [5, 5.41) is 0. The fourth-order valence-electron chi connectivity index (χ4n) is 5.46. The minimum absolute atomic E-state index is 0.00366. The first-order valence-corrected chi connectivity index (χ1v) is 21.8. The number of ether oxygens (including phenoxy) is 2. The standard InChI is InChI=1S/C41H75O8P/c1-4-7-9-11-13-15-17-19-20-21-22-24-26-28-30-32-34-36-41(43)49-39(38-48-50(44,45)47-6-3)37-46-40(42)35-33-31-29-27-25-23-18-16-14-12-10-8-5-2/h13,15,19-20,22,24,39H,4-12,14,16-18,21,23,25-38H2,1-3H3,(H,44,45)/b15-13-,20-19-,24-22-/t39-/m1/s1. The number of carbonyl (C=O) groups excluding carboxylic acids is 2. The van der Waals surface area contributed by atoms with E-state index in [0.717, 1.165) is 57.8 Å². The van der Waals surface area contributed by atoms with Gasteiger partial charge in [-0.1, -0.05) is 153 Å². The molecule has 0 aliphatic heterocycles. The molecule has 0 radical (unpaired) electrons. The lowest BCUT2D eigenvalue weighted by molar-refractivity contribution is -0.161. The number of hydrogen-bond acceptors (Lipinski definition) is 7. The number of unbranched alkanes of at least 4 members (excludes halogenated alkanes) is 19. The van der Waals surface area contributed by atoms with E-state index in [9.17, 15) is 19.0 Å². The van der Waals surface area contributed by atoms with Crippen molar-refractivity contribution >= 4 is 19.8 Å². The predicted molar refractivity (Wildman–Crippen MR) is 207 cm³/mol. The third kappa shape index (κ3) is 36.1. The van der Waals surface area contributed by atoms with E-state index >= 15 is 0 Å². The van der Waals surface area contributed by atoms with Gasteiger partial charge in [0.15, 0.2) is 6.10 Å². The summed E-state index contributed by atoms with van der Waals surface area (Å²) in [6.07, 6.45) is 40.5. The molecule has 292 valence electrons. The maximum absolute atomic E-state index is 12.5. The topological polar surface area (TPSA) is 108 Å². The van der Waals surface area contributed by atoms with Gasteiger partial charge >= 0.3 is 19.8 Å². The van der Waals surface area contributed by atoms with Crippen molar-refractivity contribution in [3.63, 3.8) is 0 Å². The van der Waals surface area contributed by atoms with Gasteiger partial charge in [0.1, 0.15) is 6.61 Å². The molecule has 0 amide bonds. The Morgan fingerprint density at radius 2 is 0.960 bits per heavy atom. The van der Waals surface area contributed by atoms with E-state index in [0.29, 0.717) is 12.8 Å². The third-order valence-electron chi connectivity index (χ3n) is 8.45. The average Bonchev–Trinajstić information content (AvgIpc) is 3.09. The minimum atomic E-state index is -4.28. The van der Waals surface area contributed by atoms with Gasteiger partial charge < -0.3 is 14.4 Å². The zero-order valence-electron chi connectivity index (χ0n) is 32.3. The van der Waals surface area contributed by atoms with Crippen LogP contribution in [-0.4, -0.2) is 42.8 Å². The van der Waals surface area contributed by atoms with Gasteiger partial charge in [-0.3, -0.25) is 18.6 Å². The molecular formula is C41H75O8P. The van der Waals surface area contributed by atoms with Crippen molar-refractivity contribution in [3.8, 4) is 0 Å². The van der Waals surface area contributed by atoms with Crippen LogP contribution in [0.4, 0.5) is 0 Å². The molecule has 0 rings (SSSR count). The molecule has 0 aromatic carbocycles. The van der Waals surface area contributed by atoms with Crippen LogP contribution in [0.1, 0.15) is 188 Å². The summed E-state index contributed by atoms with van der Waals surface area (Å²) >= 11 is 0. The van der Waals surface area contributed by atoms with Crippen LogP contribution in [-0.2, 0) is 32.7 Å². The molecule has 50 heavy (non-hydrogen) atoms. The summed E-state index contributed by atoms with van der Waals surface area (Å²) in [5.74, 6) is -0.820. The normalized spacial score (nSPS) is 13.8. The molecule has 9 heteroatoms. The smallest absolute Gasteiger partial charge is 0.462 e. The van der Waals surface area contributed by atoms with Crippen molar-refractivity contribution in [2.45, 2.75) is 194 Å². The third-order valence-corrected chi connectivity index (χ3v) is 9.51. The van der Waals surface area contributed by atoms with Gasteiger partial charge in [-0.25, -0.2) is 4.57 Å². The molecule has 0 saturated carbocycles. The van der Waals surface area contributed by atoms with Crippen LogP contribution in [0.3, 0.4) is 0 Å². The first-order valence-electron chi connectivity index (χ1n) is 20.3. The monoisotopic (exact) mass is 727 g/mol. The Labute approximate surface area is 306 Å². The van der Waals surface area contributed by atoms with Gasteiger partial charge in [-0.05, 0) is 58.3 Å². The number of esters is 2. The van der Waals surface area contributed by atoms with Crippen molar-refractivity contribution in [2.24, 2.45) is 0 Å². The van der Waals surface area contributed by atoms with Crippen molar-refractivity contribution in [1.82, 2.24) is 0 Å². The Hall–Kier alpha value is -1.73. The first-order chi connectivity index (χ1) is 24.3. The van der Waals surface area contributed by atoms with Gasteiger partial charge in [-0.15, -0.1) is 0 Å². The molecule has 0 bridgehead atoms. The molecule has 0 fully saturated rings. The maximum Gasteiger partial charge on any atom is 0.472 e. The molecular weight excluding hydrogens is 651 g/mol. The molecule has 8 nitrogen and oxygen atoms in total. The van der Waals surface area contributed by atoms with E-state index in [4.69, 9.17) is 18.5 Å².